The summed E-state index contributed by atoms with van der Waals surface area (Å²) in [4.78, 5) is 14.8. The maximum absolute atomic E-state index is 13.1. The maximum atomic E-state index is 13.1. The molecule has 6 nitrogen and oxygen atoms in total. The predicted octanol–water partition coefficient (Wildman–Crippen LogP) is 3.88. The second kappa shape index (κ2) is 7.03. The van der Waals surface area contributed by atoms with Crippen molar-refractivity contribution in [2.24, 2.45) is 0 Å². The molecule has 4 rings (SSSR count). The Bertz CT molecular complexity index is 1020. The third-order valence-corrected chi connectivity index (χ3v) is 5.25. The molecule has 1 aromatic heterocycles. The molecule has 3 N–H and O–H groups in total. The number of amides is 1. The van der Waals surface area contributed by atoms with E-state index in [-0.39, 0.29) is 17.4 Å². The number of hydrogen-bond acceptors (Lipinski definition) is 4. The van der Waals surface area contributed by atoms with Crippen LogP contribution in [0.3, 0.4) is 0 Å². The zero-order chi connectivity index (χ0) is 19.8. The highest BCUT2D eigenvalue weighted by atomic mass is 16.3. The first-order valence-corrected chi connectivity index (χ1v) is 9.54. The Kier molecular flexibility index (Phi) is 4.55. The molecule has 2 heterocycles. The van der Waals surface area contributed by atoms with Crippen LogP contribution >= 0.6 is 0 Å². The van der Waals surface area contributed by atoms with Gasteiger partial charge < -0.3 is 15.7 Å². The van der Waals surface area contributed by atoms with Gasteiger partial charge in [-0.3, -0.25) is 4.79 Å². The molecule has 3 aromatic rings. The summed E-state index contributed by atoms with van der Waals surface area (Å²) in [5.74, 6) is -0.0145. The fourth-order valence-corrected chi connectivity index (χ4v) is 3.65. The molecular weight excluding hydrogens is 352 g/mol. The molecule has 0 bridgehead atoms. The molecule has 144 valence electrons. The predicted molar refractivity (Wildman–Crippen MR) is 110 cm³/mol. The van der Waals surface area contributed by atoms with E-state index >= 15 is 0 Å². The first-order valence-electron chi connectivity index (χ1n) is 9.54. The lowest BCUT2D eigenvalue weighted by Gasteiger charge is -2.29. The molecule has 0 unspecified atom stereocenters. The van der Waals surface area contributed by atoms with Gasteiger partial charge in [0.1, 0.15) is 0 Å². The molecule has 6 heteroatoms. The molecule has 0 saturated heterocycles. The van der Waals surface area contributed by atoms with Gasteiger partial charge in [0.25, 0.3) is 5.91 Å². The number of benzene rings is 2. The van der Waals surface area contributed by atoms with E-state index < -0.39 is 0 Å². The normalized spacial score (nSPS) is 13.6. The largest absolute Gasteiger partial charge is 0.504 e. The second-order valence-corrected chi connectivity index (χ2v) is 7.46. The number of hydrogen-bond donors (Lipinski definition) is 2. The number of rotatable bonds is 3. The Hall–Kier alpha value is -3.28. The van der Waals surface area contributed by atoms with Gasteiger partial charge in [-0.2, -0.15) is 5.10 Å². The number of aromatic hydroxyl groups is 1. The smallest absolute Gasteiger partial charge is 0.282 e. The Labute approximate surface area is 164 Å². The van der Waals surface area contributed by atoms with Gasteiger partial charge in [0, 0.05) is 17.9 Å². The summed E-state index contributed by atoms with van der Waals surface area (Å²) in [6, 6.07) is 13.5. The average Bonchev–Trinajstić information content (AvgIpc) is 3.09. The van der Waals surface area contributed by atoms with Crippen LogP contribution in [0.15, 0.2) is 48.7 Å². The van der Waals surface area contributed by atoms with Crippen molar-refractivity contribution >= 4 is 17.3 Å². The van der Waals surface area contributed by atoms with Gasteiger partial charge >= 0.3 is 0 Å². The van der Waals surface area contributed by atoms with Crippen LogP contribution in [0.25, 0.3) is 5.69 Å². The number of carbonyl (C=O) groups is 1. The number of nitrogens with two attached hydrogens (primary N) is 1. The molecular formula is C22H24N4O2. The molecule has 1 aliphatic rings. The number of carbonyl (C=O) groups excluding carboxylic acids is 1. The monoisotopic (exact) mass is 376 g/mol. The van der Waals surface area contributed by atoms with Gasteiger partial charge in [0.2, 0.25) is 0 Å². The number of fused-ring (bicyclic) bond motifs is 1. The van der Waals surface area contributed by atoms with Gasteiger partial charge in [-0.25, -0.2) is 4.68 Å². The SMILES string of the molecule is CC(C)c1ccc(-n2cc(O)c(C(=O)N3CCCc4c(N)cccc43)n2)cc1. The summed E-state index contributed by atoms with van der Waals surface area (Å²) in [5, 5.41) is 14.8. The third-order valence-electron chi connectivity index (χ3n) is 5.25. The quantitative estimate of drug-likeness (QED) is 0.680. The van der Waals surface area contributed by atoms with Crippen molar-refractivity contribution in [3.8, 4) is 11.4 Å². The summed E-state index contributed by atoms with van der Waals surface area (Å²) in [6.07, 6.45) is 3.14. The second-order valence-electron chi connectivity index (χ2n) is 7.46. The van der Waals surface area contributed by atoms with E-state index in [0.29, 0.717) is 18.2 Å². The number of anilines is 2. The van der Waals surface area contributed by atoms with Crippen LogP contribution in [0.4, 0.5) is 11.4 Å². The minimum atomic E-state index is -0.318. The van der Waals surface area contributed by atoms with Gasteiger partial charge in [-0.05, 0) is 54.2 Å². The van der Waals surface area contributed by atoms with E-state index in [1.165, 1.54) is 16.4 Å². The van der Waals surface area contributed by atoms with Crippen LogP contribution in [0.1, 0.15) is 47.8 Å². The van der Waals surface area contributed by atoms with E-state index in [1.54, 1.807) is 4.90 Å². The van der Waals surface area contributed by atoms with Crippen molar-refractivity contribution in [1.82, 2.24) is 9.78 Å². The highest BCUT2D eigenvalue weighted by Crippen LogP contribution is 2.33. The van der Waals surface area contributed by atoms with Crippen molar-refractivity contribution in [2.45, 2.75) is 32.6 Å². The lowest BCUT2D eigenvalue weighted by Crippen LogP contribution is -2.36. The molecule has 1 amide bonds. The average molecular weight is 376 g/mol. The van der Waals surface area contributed by atoms with Crippen LogP contribution in [0, 0.1) is 0 Å². The van der Waals surface area contributed by atoms with Crippen LogP contribution in [0.2, 0.25) is 0 Å². The van der Waals surface area contributed by atoms with Crippen LogP contribution in [-0.4, -0.2) is 27.3 Å². The lowest BCUT2D eigenvalue weighted by molar-refractivity contribution is 0.0977. The molecule has 0 radical (unpaired) electrons. The molecule has 0 fully saturated rings. The summed E-state index contributed by atoms with van der Waals surface area (Å²) >= 11 is 0. The number of nitrogens with zero attached hydrogens (tertiary/aromatic N) is 3. The van der Waals surface area contributed by atoms with Crippen LogP contribution < -0.4 is 10.6 Å². The zero-order valence-electron chi connectivity index (χ0n) is 16.1. The van der Waals surface area contributed by atoms with Crippen molar-refractivity contribution < 1.29 is 9.90 Å². The summed E-state index contributed by atoms with van der Waals surface area (Å²) in [5.41, 5.74) is 10.6. The fraction of sp³-hybridized carbons (Fsp3) is 0.273. The molecule has 0 saturated carbocycles. The molecule has 0 spiro atoms. The standard InChI is InChI=1S/C22H24N4O2/c1-14(2)15-8-10-16(11-9-15)26-13-20(27)21(24-26)22(28)25-12-4-5-17-18(23)6-3-7-19(17)25/h3,6-11,13-14,27H,4-5,12,23H2,1-2H3. The van der Waals surface area contributed by atoms with E-state index in [9.17, 15) is 9.90 Å². The van der Waals surface area contributed by atoms with E-state index in [0.717, 1.165) is 29.8 Å². The minimum Gasteiger partial charge on any atom is -0.504 e. The number of aromatic nitrogens is 2. The van der Waals surface area contributed by atoms with Crippen molar-refractivity contribution in [2.75, 3.05) is 17.2 Å². The summed E-state index contributed by atoms with van der Waals surface area (Å²) < 4.78 is 1.54. The van der Waals surface area contributed by atoms with Crippen molar-refractivity contribution in [3.05, 3.63) is 65.5 Å². The highest BCUT2D eigenvalue weighted by molar-refractivity contribution is 6.07. The Balaban J connectivity index is 1.66. The molecule has 0 aliphatic carbocycles. The Morgan fingerprint density at radius 3 is 2.64 bits per heavy atom. The van der Waals surface area contributed by atoms with Crippen LogP contribution in [-0.2, 0) is 6.42 Å². The molecule has 2 aromatic carbocycles. The first-order chi connectivity index (χ1) is 13.5. The Morgan fingerprint density at radius 1 is 1.18 bits per heavy atom. The van der Waals surface area contributed by atoms with Gasteiger partial charge in [0.05, 0.1) is 11.9 Å². The molecule has 0 atom stereocenters. The third kappa shape index (κ3) is 3.11. The molecule has 28 heavy (non-hydrogen) atoms. The van der Waals surface area contributed by atoms with Crippen molar-refractivity contribution in [1.29, 1.82) is 0 Å². The number of nitrogen functional groups attached to an aromatic ring is 1. The Morgan fingerprint density at radius 2 is 1.93 bits per heavy atom. The van der Waals surface area contributed by atoms with E-state index in [4.69, 9.17) is 5.73 Å². The zero-order valence-corrected chi connectivity index (χ0v) is 16.1. The summed E-state index contributed by atoms with van der Waals surface area (Å²) in [6.45, 7) is 4.84. The topological polar surface area (TPSA) is 84.4 Å². The van der Waals surface area contributed by atoms with E-state index in [1.807, 2.05) is 42.5 Å². The first kappa shape index (κ1) is 18.1. The summed E-state index contributed by atoms with van der Waals surface area (Å²) in [7, 11) is 0. The van der Waals surface area contributed by atoms with Crippen LogP contribution in [0.5, 0.6) is 5.75 Å². The van der Waals surface area contributed by atoms with Crippen molar-refractivity contribution in [3.63, 3.8) is 0 Å². The molecule has 1 aliphatic heterocycles. The van der Waals surface area contributed by atoms with E-state index in [2.05, 4.69) is 18.9 Å². The lowest BCUT2D eigenvalue weighted by atomic mass is 9.99. The van der Waals surface area contributed by atoms with Gasteiger partial charge in [0.15, 0.2) is 11.4 Å². The highest BCUT2D eigenvalue weighted by Gasteiger charge is 2.28. The maximum Gasteiger partial charge on any atom is 0.282 e. The minimum absolute atomic E-state index is 0.0446. The van der Waals surface area contributed by atoms with Gasteiger partial charge in [-0.15, -0.1) is 0 Å². The van der Waals surface area contributed by atoms with Gasteiger partial charge in [-0.1, -0.05) is 32.0 Å². The fourth-order valence-electron chi connectivity index (χ4n) is 3.65.